The van der Waals surface area contributed by atoms with E-state index >= 15 is 0 Å². The summed E-state index contributed by atoms with van der Waals surface area (Å²) in [7, 11) is 0. The molecule has 1 saturated heterocycles. The van der Waals surface area contributed by atoms with Gasteiger partial charge in [-0.1, -0.05) is 12.1 Å². The van der Waals surface area contributed by atoms with Gasteiger partial charge in [0.25, 0.3) is 5.91 Å². The fourth-order valence-corrected chi connectivity index (χ4v) is 4.06. The number of anilines is 1. The molecule has 0 aliphatic carbocycles. The molecule has 1 aliphatic rings. The highest BCUT2D eigenvalue weighted by Gasteiger charge is 2.33. The predicted octanol–water partition coefficient (Wildman–Crippen LogP) is 3.13. The molecule has 0 spiro atoms. The van der Waals surface area contributed by atoms with Gasteiger partial charge in [-0.25, -0.2) is 0 Å². The number of hydrogen-bond donors (Lipinski definition) is 2. The van der Waals surface area contributed by atoms with E-state index in [1.165, 1.54) is 21.9 Å². The van der Waals surface area contributed by atoms with Crippen molar-refractivity contribution in [2.24, 2.45) is 0 Å². The van der Waals surface area contributed by atoms with Crippen molar-refractivity contribution in [1.29, 1.82) is 0 Å². The molecule has 1 aromatic heterocycles. The van der Waals surface area contributed by atoms with Gasteiger partial charge in [0.15, 0.2) is 6.54 Å². The van der Waals surface area contributed by atoms with Crippen molar-refractivity contribution in [3.63, 3.8) is 0 Å². The van der Waals surface area contributed by atoms with Crippen molar-refractivity contribution in [2.45, 2.75) is 25.1 Å². The number of amides is 1. The van der Waals surface area contributed by atoms with Gasteiger partial charge in [0, 0.05) is 18.5 Å². The fourth-order valence-electron chi connectivity index (χ4n) is 3.14. The Morgan fingerprint density at radius 2 is 2.12 bits per heavy atom. The van der Waals surface area contributed by atoms with Crippen LogP contribution in [0.25, 0.3) is 0 Å². The van der Waals surface area contributed by atoms with Gasteiger partial charge in [0.1, 0.15) is 6.04 Å². The average Bonchev–Trinajstić information content (AvgIpc) is 3.17. The van der Waals surface area contributed by atoms with E-state index in [-0.39, 0.29) is 18.1 Å². The van der Waals surface area contributed by atoms with Crippen LogP contribution in [0.3, 0.4) is 0 Å². The maximum atomic E-state index is 12.7. The molecule has 1 aliphatic heterocycles. The van der Waals surface area contributed by atoms with Gasteiger partial charge >= 0.3 is 6.18 Å². The molecule has 0 bridgehead atoms. The third-order valence-electron chi connectivity index (χ3n) is 4.23. The number of hydrogen-bond acceptors (Lipinski definition) is 2. The van der Waals surface area contributed by atoms with Crippen LogP contribution in [0.15, 0.2) is 41.8 Å². The first kappa shape index (κ1) is 17.0. The second kappa shape index (κ2) is 6.94. The van der Waals surface area contributed by atoms with Gasteiger partial charge in [-0.3, -0.25) is 4.79 Å². The maximum absolute atomic E-state index is 12.7. The van der Waals surface area contributed by atoms with Crippen LogP contribution in [0.2, 0.25) is 0 Å². The van der Waals surface area contributed by atoms with Crippen molar-refractivity contribution >= 4 is 22.9 Å². The maximum Gasteiger partial charge on any atom is 0.416 e. The smallest absolute Gasteiger partial charge is 0.321 e. The molecule has 0 radical (unpaired) electrons. The number of rotatable bonds is 4. The van der Waals surface area contributed by atoms with Crippen molar-refractivity contribution in [3.05, 3.63) is 52.2 Å². The minimum atomic E-state index is -4.41. The van der Waals surface area contributed by atoms with E-state index in [2.05, 4.69) is 11.4 Å². The lowest BCUT2D eigenvalue weighted by Crippen LogP contribution is -3.11. The molecular formula is C17H18F3N2OS+. The zero-order chi connectivity index (χ0) is 17.2. The molecule has 1 fully saturated rings. The van der Waals surface area contributed by atoms with Gasteiger partial charge in [0.05, 0.1) is 17.0 Å². The van der Waals surface area contributed by atoms with Crippen LogP contribution in [0.1, 0.15) is 29.3 Å². The van der Waals surface area contributed by atoms with Gasteiger partial charge in [-0.05, 0) is 29.6 Å². The van der Waals surface area contributed by atoms with Crippen LogP contribution >= 0.6 is 11.3 Å². The number of benzene rings is 1. The molecule has 128 valence electrons. The van der Waals surface area contributed by atoms with Crippen molar-refractivity contribution in [3.8, 4) is 0 Å². The van der Waals surface area contributed by atoms with E-state index in [9.17, 15) is 18.0 Å². The summed E-state index contributed by atoms with van der Waals surface area (Å²) in [5.74, 6) is -0.257. The Hall–Kier alpha value is -1.86. The standard InChI is InChI=1S/C17H17F3N2OS/c18-17(19,20)12-4-1-5-13(10-12)21-16(23)11-22-8-2-6-14(22)15-7-3-9-24-15/h1,3-5,7,9-10,14H,2,6,8,11H2,(H,21,23)/p+1/t14-/m0/s1. The van der Waals surface area contributed by atoms with E-state index in [0.29, 0.717) is 6.04 Å². The van der Waals surface area contributed by atoms with Crippen molar-refractivity contribution in [2.75, 3.05) is 18.4 Å². The highest BCUT2D eigenvalue weighted by atomic mass is 32.1. The summed E-state index contributed by atoms with van der Waals surface area (Å²) in [6.07, 6.45) is -2.33. The molecule has 2 heterocycles. The number of quaternary nitrogens is 1. The van der Waals surface area contributed by atoms with Crippen LogP contribution in [0.5, 0.6) is 0 Å². The first-order valence-corrected chi connectivity index (χ1v) is 8.66. The Kier molecular flexibility index (Phi) is 4.91. The number of nitrogens with one attached hydrogen (secondary N) is 2. The van der Waals surface area contributed by atoms with Gasteiger partial charge in [-0.15, -0.1) is 11.3 Å². The summed E-state index contributed by atoms with van der Waals surface area (Å²) in [6, 6.07) is 9.11. The Morgan fingerprint density at radius 3 is 2.83 bits per heavy atom. The summed E-state index contributed by atoms with van der Waals surface area (Å²) >= 11 is 1.68. The summed E-state index contributed by atoms with van der Waals surface area (Å²) < 4.78 is 38.2. The topological polar surface area (TPSA) is 33.5 Å². The SMILES string of the molecule is O=C(C[NH+]1CCC[C@H]1c1cccs1)Nc1cccc(C(F)(F)F)c1. The Bertz CT molecular complexity index is 700. The molecule has 1 unspecified atom stereocenters. The lowest BCUT2D eigenvalue weighted by molar-refractivity contribution is -0.910. The molecular weight excluding hydrogens is 337 g/mol. The lowest BCUT2D eigenvalue weighted by Gasteiger charge is -2.20. The van der Waals surface area contributed by atoms with Crippen LogP contribution in [0.4, 0.5) is 18.9 Å². The number of likely N-dealkylation sites (tertiary alicyclic amines) is 1. The van der Waals surface area contributed by atoms with Gasteiger partial charge in [0.2, 0.25) is 0 Å². The summed E-state index contributed by atoms with van der Waals surface area (Å²) in [5, 5.41) is 4.61. The molecule has 2 aromatic rings. The Labute approximate surface area is 142 Å². The zero-order valence-electron chi connectivity index (χ0n) is 12.9. The number of thiophene rings is 1. The largest absolute Gasteiger partial charge is 0.416 e. The zero-order valence-corrected chi connectivity index (χ0v) is 13.7. The number of carbonyl (C=O) groups is 1. The molecule has 3 rings (SSSR count). The minimum Gasteiger partial charge on any atom is -0.321 e. The quantitative estimate of drug-likeness (QED) is 0.868. The highest BCUT2D eigenvalue weighted by molar-refractivity contribution is 7.10. The lowest BCUT2D eigenvalue weighted by atomic mass is 10.2. The fraction of sp³-hybridized carbons (Fsp3) is 0.353. The number of halogens is 3. The second-order valence-electron chi connectivity index (χ2n) is 5.92. The molecule has 1 amide bonds. The normalized spacial score (nSPS) is 21.0. The molecule has 1 aromatic carbocycles. The molecule has 0 saturated carbocycles. The van der Waals surface area contributed by atoms with Crippen molar-refractivity contribution < 1.29 is 22.9 Å². The monoisotopic (exact) mass is 355 g/mol. The van der Waals surface area contributed by atoms with Crippen LogP contribution in [0, 0.1) is 0 Å². The molecule has 2 atom stereocenters. The predicted molar refractivity (Wildman–Crippen MR) is 87.1 cm³/mol. The average molecular weight is 355 g/mol. The van der Waals surface area contributed by atoms with Crippen LogP contribution < -0.4 is 10.2 Å². The summed E-state index contributed by atoms with van der Waals surface area (Å²) in [5.41, 5.74) is -0.577. The molecule has 24 heavy (non-hydrogen) atoms. The Morgan fingerprint density at radius 1 is 1.29 bits per heavy atom. The van der Waals surface area contributed by atoms with E-state index in [1.807, 2.05) is 11.4 Å². The highest BCUT2D eigenvalue weighted by Crippen LogP contribution is 2.30. The minimum absolute atomic E-state index is 0.182. The Balaban J connectivity index is 1.63. The first-order valence-electron chi connectivity index (χ1n) is 7.78. The van der Waals surface area contributed by atoms with E-state index in [0.717, 1.165) is 31.5 Å². The van der Waals surface area contributed by atoms with Crippen molar-refractivity contribution in [1.82, 2.24) is 0 Å². The van der Waals surface area contributed by atoms with Crippen LogP contribution in [-0.4, -0.2) is 19.0 Å². The van der Waals surface area contributed by atoms with E-state index in [1.54, 1.807) is 11.3 Å². The molecule has 7 heteroatoms. The van der Waals surface area contributed by atoms with Gasteiger partial charge in [-0.2, -0.15) is 13.2 Å². The number of carbonyl (C=O) groups excluding carboxylic acids is 1. The van der Waals surface area contributed by atoms with E-state index < -0.39 is 11.7 Å². The first-order chi connectivity index (χ1) is 11.4. The van der Waals surface area contributed by atoms with E-state index in [4.69, 9.17) is 0 Å². The third-order valence-corrected chi connectivity index (χ3v) is 5.22. The molecule has 2 N–H and O–H groups in total. The third kappa shape index (κ3) is 3.96. The molecule has 3 nitrogen and oxygen atoms in total. The summed E-state index contributed by atoms with van der Waals surface area (Å²) in [6.45, 7) is 1.16. The van der Waals surface area contributed by atoms with Gasteiger partial charge < -0.3 is 10.2 Å². The summed E-state index contributed by atoms with van der Waals surface area (Å²) in [4.78, 5) is 14.7. The second-order valence-corrected chi connectivity index (χ2v) is 6.90. The number of alkyl halides is 3. The van der Waals surface area contributed by atoms with Crippen LogP contribution in [-0.2, 0) is 11.0 Å².